The van der Waals surface area contributed by atoms with E-state index in [1.807, 2.05) is 0 Å². The minimum absolute atomic E-state index is 0.142. The van der Waals surface area contributed by atoms with Crippen LogP contribution in [-0.2, 0) is 4.79 Å². The Labute approximate surface area is 128 Å². The Bertz CT molecular complexity index is 481. The van der Waals surface area contributed by atoms with Crippen molar-refractivity contribution in [2.45, 2.75) is 47.0 Å². The maximum atomic E-state index is 12.3. The Balaban J connectivity index is 1.95. The molecule has 0 radical (unpaired) electrons. The van der Waals surface area contributed by atoms with Crippen molar-refractivity contribution in [2.75, 3.05) is 18.4 Å². The Hall–Kier alpha value is -1.35. The van der Waals surface area contributed by atoms with E-state index >= 15 is 0 Å². The quantitative estimate of drug-likeness (QED) is 0.889. The van der Waals surface area contributed by atoms with Gasteiger partial charge in [0.2, 0.25) is 5.91 Å². The van der Waals surface area contributed by atoms with E-state index in [0.717, 1.165) is 29.9 Å². The topological polar surface area (TPSA) is 41.1 Å². The molecule has 2 rings (SSSR count). The van der Waals surface area contributed by atoms with Crippen LogP contribution in [0.25, 0.3) is 0 Å². The first-order valence-corrected chi connectivity index (χ1v) is 8.05. The number of hydrogen-bond donors (Lipinski definition) is 2. The second-order valence-electron chi connectivity index (χ2n) is 6.61. The highest BCUT2D eigenvalue weighted by molar-refractivity contribution is 5.92. The maximum Gasteiger partial charge on any atom is 0.224 e. The third-order valence-corrected chi connectivity index (χ3v) is 4.59. The van der Waals surface area contributed by atoms with Crippen LogP contribution in [-0.4, -0.2) is 19.0 Å². The lowest BCUT2D eigenvalue weighted by Crippen LogP contribution is -2.34. The first-order chi connectivity index (χ1) is 9.97. The molecule has 1 amide bonds. The van der Waals surface area contributed by atoms with Crippen LogP contribution in [0.4, 0.5) is 5.69 Å². The zero-order valence-corrected chi connectivity index (χ0v) is 13.8. The van der Waals surface area contributed by atoms with Gasteiger partial charge in [0, 0.05) is 12.1 Å². The molecule has 1 fully saturated rings. The highest BCUT2D eigenvalue weighted by Crippen LogP contribution is 2.25. The summed E-state index contributed by atoms with van der Waals surface area (Å²) in [6, 6.07) is 4.24. The molecule has 2 N–H and O–H groups in total. The zero-order chi connectivity index (χ0) is 15.4. The Morgan fingerprint density at radius 1 is 1.33 bits per heavy atom. The van der Waals surface area contributed by atoms with E-state index in [-0.39, 0.29) is 5.91 Å². The number of anilines is 1. The fraction of sp³-hybridized carbons (Fsp3) is 0.611. The summed E-state index contributed by atoms with van der Waals surface area (Å²) < 4.78 is 0. The van der Waals surface area contributed by atoms with Crippen LogP contribution in [0.3, 0.4) is 0 Å². The molecule has 2 unspecified atom stereocenters. The third-order valence-electron chi connectivity index (χ3n) is 4.59. The number of hydrogen-bond acceptors (Lipinski definition) is 2. The van der Waals surface area contributed by atoms with E-state index in [1.165, 1.54) is 18.4 Å². The van der Waals surface area contributed by atoms with Crippen LogP contribution in [0.2, 0.25) is 0 Å². The predicted molar refractivity (Wildman–Crippen MR) is 88.7 cm³/mol. The monoisotopic (exact) mass is 288 g/mol. The van der Waals surface area contributed by atoms with Crippen molar-refractivity contribution in [1.29, 1.82) is 0 Å². The summed E-state index contributed by atoms with van der Waals surface area (Å²) in [7, 11) is 0. The van der Waals surface area contributed by atoms with Crippen molar-refractivity contribution in [3.63, 3.8) is 0 Å². The Kier molecular flexibility index (Phi) is 5.40. The third kappa shape index (κ3) is 4.31. The summed E-state index contributed by atoms with van der Waals surface area (Å²) in [5, 5.41) is 6.55. The normalized spacial score (nSPS) is 20.1. The smallest absolute Gasteiger partial charge is 0.224 e. The number of nitrogens with one attached hydrogen (secondary N) is 2. The van der Waals surface area contributed by atoms with Crippen LogP contribution in [0.1, 0.15) is 42.9 Å². The molecule has 0 spiro atoms. The second-order valence-corrected chi connectivity index (χ2v) is 6.61. The van der Waals surface area contributed by atoms with Gasteiger partial charge in [0.1, 0.15) is 0 Å². The molecule has 3 heteroatoms. The minimum atomic E-state index is 0.142. The lowest BCUT2D eigenvalue weighted by molar-refractivity contribution is -0.117. The fourth-order valence-corrected chi connectivity index (χ4v) is 3.39. The molecule has 0 saturated carbocycles. The minimum Gasteiger partial charge on any atom is -0.326 e. The van der Waals surface area contributed by atoms with Crippen LogP contribution < -0.4 is 10.6 Å². The average molecular weight is 288 g/mol. The lowest BCUT2D eigenvalue weighted by atomic mass is 9.85. The molecule has 0 aliphatic carbocycles. The van der Waals surface area contributed by atoms with Crippen LogP contribution in [0, 0.1) is 32.6 Å². The highest BCUT2D eigenvalue weighted by atomic mass is 16.1. The second kappa shape index (κ2) is 7.08. The summed E-state index contributed by atoms with van der Waals surface area (Å²) in [5.74, 6) is 1.21. The van der Waals surface area contributed by atoms with Crippen molar-refractivity contribution >= 4 is 11.6 Å². The summed E-state index contributed by atoms with van der Waals surface area (Å²) >= 11 is 0. The lowest BCUT2D eigenvalue weighted by Gasteiger charge is -2.28. The summed E-state index contributed by atoms with van der Waals surface area (Å²) in [6.45, 7) is 10.6. The van der Waals surface area contributed by atoms with E-state index in [1.54, 1.807) is 0 Å². The SMILES string of the molecule is Cc1cc(C)c(NC(=O)CC(C)C2CCCNC2)c(C)c1. The van der Waals surface area contributed by atoms with E-state index in [4.69, 9.17) is 0 Å². The maximum absolute atomic E-state index is 12.3. The van der Waals surface area contributed by atoms with E-state index in [2.05, 4.69) is 50.5 Å². The molecule has 1 aromatic rings. The molecule has 116 valence electrons. The first kappa shape index (κ1) is 16.0. The standard InChI is InChI=1S/C18H28N2O/c1-12-8-14(3)18(15(4)9-12)20-17(21)10-13(2)16-6-5-7-19-11-16/h8-9,13,16,19H,5-7,10-11H2,1-4H3,(H,20,21). The Morgan fingerprint density at radius 2 is 2.00 bits per heavy atom. The number of carbonyl (C=O) groups is 1. The van der Waals surface area contributed by atoms with Gasteiger partial charge in [-0.25, -0.2) is 0 Å². The number of rotatable bonds is 4. The molecular weight excluding hydrogens is 260 g/mol. The van der Waals surface area contributed by atoms with Crippen molar-refractivity contribution in [3.8, 4) is 0 Å². The highest BCUT2D eigenvalue weighted by Gasteiger charge is 2.22. The molecule has 2 atom stereocenters. The number of carbonyl (C=O) groups excluding carboxylic acids is 1. The molecule has 21 heavy (non-hydrogen) atoms. The van der Waals surface area contributed by atoms with Crippen molar-refractivity contribution in [1.82, 2.24) is 5.32 Å². The summed E-state index contributed by atoms with van der Waals surface area (Å²) in [5.41, 5.74) is 4.52. The molecular formula is C18H28N2O. The van der Waals surface area contributed by atoms with Gasteiger partial charge in [-0.05, 0) is 69.7 Å². The number of amides is 1. The van der Waals surface area contributed by atoms with E-state index < -0.39 is 0 Å². The van der Waals surface area contributed by atoms with E-state index in [0.29, 0.717) is 18.3 Å². The van der Waals surface area contributed by atoms with Gasteiger partial charge in [-0.15, -0.1) is 0 Å². The van der Waals surface area contributed by atoms with Gasteiger partial charge < -0.3 is 10.6 Å². The summed E-state index contributed by atoms with van der Waals surface area (Å²) in [6.07, 6.45) is 3.08. The van der Waals surface area contributed by atoms with Gasteiger partial charge in [0.05, 0.1) is 0 Å². The van der Waals surface area contributed by atoms with Crippen LogP contribution in [0.5, 0.6) is 0 Å². The molecule has 0 bridgehead atoms. The van der Waals surface area contributed by atoms with Crippen molar-refractivity contribution in [3.05, 3.63) is 28.8 Å². The van der Waals surface area contributed by atoms with Crippen LogP contribution >= 0.6 is 0 Å². The molecule has 1 aliphatic rings. The largest absolute Gasteiger partial charge is 0.326 e. The van der Waals surface area contributed by atoms with Gasteiger partial charge in [-0.2, -0.15) is 0 Å². The fourth-order valence-electron chi connectivity index (χ4n) is 3.39. The van der Waals surface area contributed by atoms with Gasteiger partial charge in [-0.1, -0.05) is 24.6 Å². The van der Waals surface area contributed by atoms with Crippen LogP contribution in [0.15, 0.2) is 12.1 Å². The van der Waals surface area contributed by atoms with Gasteiger partial charge in [0.15, 0.2) is 0 Å². The molecule has 0 aromatic heterocycles. The van der Waals surface area contributed by atoms with Crippen molar-refractivity contribution < 1.29 is 4.79 Å². The molecule has 1 heterocycles. The van der Waals surface area contributed by atoms with Gasteiger partial charge in [-0.3, -0.25) is 4.79 Å². The average Bonchev–Trinajstić information content (AvgIpc) is 2.43. The number of aryl methyl sites for hydroxylation is 3. The first-order valence-electron chi connectivity index (χ1n) is 8.05. The Morgan fingerprint density at radius 3 is 2.57 bits per heavy atom. The van der Waals surface area contributed by atoms with Gasteiger partial charge in [0.25, 0.3) is 0 Å². The molecule has 1 saturated heterocycles. The zero-order valence-electron chi connectivity index (χ0n) is 13.8. The predicted octanol–water partition coefficient (Wildman–Crippen LogP) is 3.58. The number of piperidine rings is 1. The number of benzene rings is 1. The molecule has 1 aliphatic heterocycles. The molecule has 3 nitrogen and oxygen atoms in total. The van der Waals surface area contributed by atoms with E-state index in [9.17, 15) is 4.79 Å². The molecule has 1 aromatic carbocycles. The van der Waals surface area contributed by atoms with Crippen molar-refractivity contribution in [2.24, 2.45) is 11.8 Å². The van der Waals surface area contributed by atoms with Gasteiger partial charge >= 0.3 is 0 Å². The summed E-state index contributed by atoms with van der Waals surface area (Å²) in [4.78, 5) is 12.3.